The maximum atomic E-state index is 9.54. The molecule has 1 saturated heterocycles. The molecule has 3 atom stereocenters. The summed E-state index contributed by atoms with van der Waals surface area (Å²) in [5.41, 5.74) is 1.27. The van der Waals surface area contributed by atoms with Gasteiger partial charge in [0, 0.05) is 11.5 Å². The molecule has 1 fully saturated rings. The lowest BCUT2D eigenvalue weighted by Crippen LogP contribution is -2.23. The molecule has 3 aliphatic rings. The quantitative estimate of drug-likeness (QED) is 0.542. The minimum Gasteiger partial charge on any atom is -0.480 e. The molecule has 12 heavy (non-hydrogen) atoms. The van der Waals surface area contributed by atoms with Gasteiger partial charge in [-0.05, 0) is 6.42 Å². The van der Waals surface area contributed by atoms with Gasteiger partial charge < -0.3 is 9.84 Å². The highest BCUT2D eigenvalue weighted by atomic mass is 16.6. The first kappa shape index (κ1) is 6.49. The first-order chi connectivity index (χ1) is 5.86. The Hall–Kier alpha value is -1.02. The van der Waals surface area contributed by atoms with E-state index < -0.39 is 0 Å². The number of rotatable bonds is 0. The number of hydrogen-bond acceptors (Lipinski definition) is 2. The van der Waals surface area contributed by atoms with Crippen LogP contribution in [0, 0.1) is 5.92 Å². The molecule has 2 heteroatoms. The first-order valence-corrected chi connectivity index (χ1v) is 4.30. The van der Waals surface area contributed by atoms with Crippen molar-refractivity contribution in [3.05, 3.63) is 35.6 Å². The Balaban J connectivity index is 2.05. The van der Waals surface area contributed by atoms with Gasteiger partial charge in [0.05, 0.1) is 6.10 Å². The van der Waals surface area contributed by atoms with E-state index in [1.54, 1.807) is 0 Å². The van der Waals surface area contributed by atoms with Crippen molar-refractivity contribution in [2.24, 2.45) is 5.92 Å². The number of epoxide rings is 1. The summed E-state index contributed by atoms with van der Waals surface area (Å²) in [5, 5.41) is 9.54. The third-order valence-electron chi connectivity index (χ3n) is 2.71. The van der Waals surface area contributed by atoms with Gasteiger partial charge in [-0.1, -0.05) is 24.3 Å². The topological polar surface area (TPSA) is 32.8 Å². The van der Waals surface area contributed by atoms with Gasteiger partial charge in [0.2, 0.25) is 0 Å². The van der Waals surface area contributed by atoms with Crippen LogP contribution in [0.2, 0.25) is 0 Å². The Labute approximate surface area is 70.8 Å². The van der Waals surface area contributed by atoms with E-state index in [-0.39, 0.29) is 12.2 Å². The van der Waals surface area contributed by atoms with Crippen LogP contribution in [0.5, 0.6) is 0 Å². The Kier molecular flexibility index (Phi) is 1.09. The molecular weight excluding hydrogens is 152 g/mol. The van der Waals surface area contributed by atoms with E-state index in [0.717, 1.165) is 12.2 Å². The van der Waals surface area contributed by atoms with Crippen molar-refractivity contribution in [1.82, 2.24) is 0 Å². The predicted octanol–water partition coefficient (Wildman–Crippen LogP) is 1.15. The van der Waals surface area contributed by atoms with Gasteiger partial charge >= 0.3 is 0 Å². The van der Waals surface area contributed by atoms with Crippen LogP contribution < -0.4 is 0 Å². The molecule has 1 aliphatic heterocycles. The lowest BCUT2D eigenvalue weighted by Gasteiger charge is -2.20. The van der Waals surface area contributed by atoms with Crippen LogP contribution in [0.1, 0.15) is 6.42 Å². The van der Waals surface area contributed by atoms with Crippen LogP contribution in [-0.2, 0) is 4.74 Å². The zero-order valence-electron chi connectivity index (χ0n) is 6.60. The molecule has 1 heterocycles. The largest absolute Gasteiger partial charge is 0.480 e. The summed E-state index contributed by atoms with van der Waals surface area (Å²) in [4.78, 5) is 0. The predicted molar refractivity (Wildman–Crippen MR) is 44.3 cm³/mol. The SMILES string of the molecule is OC1CC2C=CC=CC2=C2OC21. The van der Waals surface area contributed by atoms with Crippen LogP contribution in [-0.4, -0.2) is 17.3 Å². The lowest BCUT2D eigenvalue weighted by atomic mass is 9.84. The molecule has 3 rings (SSSR count). The van der Waals surface area contributed by atoms with Gasteiger partial charge in [-0.3, -0.25) is 0 Å². The summed E-state index contributed by atoms with van der Waals surface area (Å²) in [6.07, 6.45) is 8.82. The van der Waals surface area contributed by atoms with E-state index in [1.165, 1.54) is 5.57 Å². The van der Waals surface area contributed by atoms with Gasteiger partial charge in [0.15, 0.2) is 6.10 Å². The number of fused-ring (bicyclic) bond motifs is 2. The number of aliphatic hydroxyl groups excluding tert-OH is 1. The van der Waals surface area contributed by atoms with Crippen molar-refractivity contribution in [1.29, 1.82) is 0 Å². The van der Waals surface area contributed by atoms with Crippen LogP contribution in [0.3, 0.4) is 0 Å². The Morgan fingerprint density at radius 1 is 1.42 bits per heavy atom. The standard InChI is InChI=1S/C10H10O2/c11-8-5-6-3-1-2-4-7(6)9-10(8)12-9/h1-4,6,8,10-11H,5H2. The first-order valence-electron chi connectivity index (χ1n) is 4.30. The molecule has 2 nitrogen and oxygen atoms in total. The number of allylic oxidation sites excluding steroid dienone is 5. The van der Waals surface area contributed by atoms with Crippen molar-refractivity contribution in [3.63, 3.8) is 0 Å². The molecule has 1 N–H and O–H groups in total. The van der Waals surface area contributed by atoms with Gasteiger partial charge in [0.1, 0.15) is 5.76 Å². The third-order valence-corrected chi connectivity index (χ3v) is 2.71. The fourth-order valence-electron chi connectivity index (χ4n) is 2.03. The van der Waals surface area contributed by atoms with Crippen LogP contribution in [0.25, 0.3) is 0 Å². The molecule has 0 aromatic heterocycles. The molecule has 0 amide bonds. The third kappa shape index (κ3) is 0.730. The molecule has 0 aromatic rings. The molecular formula is C10H10O2. The number of hydrogen-bond donors (Lipinski definition) is 1. The second-order valence-electron chi connectivity index (χ2n) is 3.51. The second kappa shape index (κ2) is 2.02. The minimum absolute atomic E-state index is 0.0207. The van der Waals surface area contributed by atoms with E-state index in [4.69, 9.17) is 4.74 Å². The van der Waals surface area contributed by atoms with E-state index in [9.17, 15) is 5.11 Å². The van der Waals surface area contributed by atoms with E-state index in [2.05, 4.69) is 12.2 Å². The zero-order chi connectivity index (χ0) is 8.13. The van der Waals surface area contributed by atoms with E-state index in [0.29, 0.717) is 5.92 Å². The molecule has 0 radical (unpaired) electrons. The fourth-order valence-corrected chi connectivity index (χ4v) is 2.03. The number of ether oxygens (including phenoxy) is 1. The van der Waals surface area contributed by atoms with Crippen molar-refractivity contribution in [3.8, 4) is 0 Å². The van der Waals surface area contributed by atoms with Gasteiger partial charge in [-0.2, -0.15) is 0 Å². The van der Waals surface area contributed by atoms with Crippen LogP contribution in [0.15, 0.2) is 35.6 Å². The smallest absolute Gasteiger partial charge is 0.181 e. The van der Waals surface area contributed by atoms with Crippen molar-refractivity contribution in [2.45, 2.75) is 18.6 Å². The zero-order valence-corrected chi connectivity index (χ0v) is 6.60. The van der Waals surface area contributed by atoms with Crippen molar-refractivity contribution in [2.75, 3.05) is 0 Å². The summed E-state index contributed by atoms with van der Waals surface area (Å²) in [6, 6.07) is 0. The average molecular weight is 162 g/mol. The Morgan fingerprint density at radius 3 is 3.25 bits per heavy atom. The Bertz CT molecular complexity index is 312. The normalized spacial score (nSPS) is 41.9. The molecule has 2 aliphatic carbocycles. The van der Waals surface area contributed by atoms with Crippen molar-refractivity contribution >= 4 is 0 Å². The lowest BCUT2D eigenvalue weighted by molar-refractivity contribution is 0.119. The van der Waals surface area contributed by atoms with Gasteiger partial charge in [0.25, 0.3) is 0 Å². The average Bonchev–Trinajstić information content (AvgIpc) is 2.84. The molecule has 0 bridgehead atoms. The maximum Gasteiger partial charge on any atom is 0.181 e. The fraction of sp³-hybridized carbons (Fsp3) is 0.400. The second-order valence-corrected chi connectivity index (χ2v) is 3.51. The van der Waals surface area contributed by atoms with Gasteiger partial charge in [-0.15, -0.1) is 0 Å². The highest BCUT2D eigenvalue weighted by Crippen LogP contribution is 2.45. The summed E-state index contributed by atoms with van der Waals surface area (Å²) in [5.74, 6) is 1.40. The van der Waals surface area contributed by atoms with E-state index >= 15 is 0 Å². The summed E-state index contributed by atoms with van der Waals surface area (Å²) >= 11 is 0. The van der Waals surface area contributed by atoms with E-state index in [1.807, 2.05) is 12.2 Å². The molecule has 0 spiro atoms. The Morgan fingerprint density at radius 2 is 2.33 bits per heavy atom. The van der Waals surface area contributed by atoms with Crippen LogP contribution >= 0.6 is 0 Å². The molecule has 0 saturated carbocycles. The van der Waals surface area contributed by atoms with Crippen LogP contribution in [0.4, 0.5) is 0 Å². The highest BCUT2D eigenvalue weighted by molar-refractivity contribution is 5.43. The summed E-state index contributed by atoms with van der Waals surface area (Å²) < 4.78 is 5.30. The summed E-state index contributed by atoms with van der Waals surface area (Å²) in [7, 11) is 0. The monoisotopic (exact) mass is 162 g/mol. The molecule has 0 aromatic carbocycles. The maximum absolute atomic E-state index is 9.54. The molecule has 62 valence electrons. The van der Waals surface area contributed by atoms with Crippen molar-refractivity contribution < 1.29 is 9.84 Å². The summed E-state index contributed by atoms with van der Waals surface area (Å²) in [6.45, 7) is 0. The van der Waals surface area contributed by atoms with Gasteiger partial charge in [-0.25, -0.2) is 0 Å². The highest BCUT2D eigenvalue weighted by Gasteiger charge is 2.47. The number of aliphatic hydroxyl groups is 1. The molecule has 3 unspecified atom stereocenters. The minimum atomic E-state index is -0.287.